The zero-order chi connectivity index (χ0) is 11.1. The van der Waals surface area contributed by atoms with Crippen LogP contribution in [0.15, 0.2) is 0 Å². The maximum atomic E-state index is 4.61. The standard InChI is InChI=1S/C11H15N5/c1-3-9-14-10-11(15-9)13-8-6-16(2)5-4-7(8)12-10/h3-6H2,1-2H3,(H,12,13,14,15). The molecule has 0 bridgehead atoms. The molecule has 0 aliphatic carbocycles. The van der Waals surface area contributed by atoms with Crippen molar-refractivity contribution in [2.24, 2.45) is 0 Å². The van der Waals surface area contributed by atoms with Crippen molar-refractivity contribution in [1.29, 1.82) is 0 Å². The van der Waals surface area contributed by atoms with Crippen LogP contribution in [0.2, 0.25) is 0 Å². The molecule has 0 fully saturated rings. The lowest BCUT2D eigenvalue weighted by atomic mass is 10.1. The SMILES string of the molecule is CCc1nc2nc3c(nc2[nH]1)CN(C)CC3. The van der Waals surface area contributed by atoms with Gasteiger partial charge in [-0.25, -0.2) is 15.0 Å². The number of likely N-dealkylation sites (N-methyl/N-ethyl adjacent to an activating group) is 1. The highest BCUT2D eigenvalue weighted by Crippen LogP contribution is 2.17. The van der Waals surface area contributed by atoms with Crippen molar-refractivity contribution in [2.45, 2.75) is 26.3 Å². The van der Waals surface area contributed by atoms with Gasteiger partial charge in [-0.2, -0.15) is 0 Å². The van der Waals surface area contributed by atoms with Crippen LogP contribution in [0.5, 0.6) is 0 Å². The number of rotatable bonds is 1. The fraction of sp³-hybridized carbons (Fsp3) is 0.545. The van der Waals surface area contributed by atoms with Crippen molar-refractivity contribution in [3.8, 4) is 0 Å². The van der Waals surface area contributed by atoms with Gasteiger partial charge in [-0.05, 0) is 7.05 Å². The summed E-state index contributed by atoms with van der Waals surface area (Å²) in [5, 5.41) is 0. The molecule has 0 saturated carbocycles. The fourth-order valence-electron chi connectivity index (χ4n) is 2.07. The Bertz CT molecular complexity index is 530. The third-order valence-corrected chi connectivity index (χ3v) is 3.02. The number of aryl methyl sites for hydroxylation is 1. The molecule has 0 saturated heterocycles. The predicted octanol–water partition coefficient (Wildman–Crippen LogP) is 0.903. The summed E-state index contributed by atoms with van der Waals surface area (Å²) in [5.41, 5.74) is 3.79. The van der Waals surface area contributed by atoms with E-state index in [1.54, 1.807) is 0 Å². The smallest absolute Gasteiger partial charge is 0.197 e. The molecule has 0 unspecified atom stereocenters. The first-order chi connectivity index (χ1) is 7.76. The van der Waals surface area contributed by atoms with Gasteiger partial charge in [0.05, 0.1) is 11.4 Å². The molecule has 0 amide bonds. The van der Waals surface area contributed by atoms with Crippen molar-refractivity contribution < 1.29 is 0 Å². The first-order valence-electron chi connectivity index (χ1n) is 5.69. The summed E-state index contributed by atoms with van der Waals surface area (Å²) in [5.74, 6) is 0.964. The number of nitrogens with one attached hydrogen (secondary N) is 1. The summed E-state index contributed by atoms with van der Waals surface area (Å²) >= 11 is 0. The zero-order valence-corrected chi connectivity index (χ0v) is 9.62. The summed E-state index contributed by atoms with van der Waals surface area (Å²) in [7, 11) is 2.11. The lowest BCUT2D eigenvalue weighted by Gasteiger charge is -2.22. The van der Waals surface area contributed by atoms with Gasteiger partial charge in [0.2, 0.25) is 0 Å². The van der Waals surface area contributed by atoms with Crippen molar-refractivity contribution in [3.63, 3.8) is 0 Å². The zero-order valence-electron chi connectivity index (χ0n) is 9.62. The highest BCUT2D eigenvalue weighted by Gasteiger charge is 2.17. The largest absolute Gasteiger partial charge is 0.325 e. The molecule has 2 aromatic heterocycles. The second-order valence-corrected chi connectivity index (χ2v) is 4.31. The van der Waals surface area contributed by atoms with Gasteiger partial charge in [0, 0.05) is 25.9 Å². The van der Waals surface area contributed by atoms with Crippen molar-refractivity contribution in [2.75, 3.05) is 13.6 Å². The lowest BCUT2D eigenvalue weighted by Crippen LogP contribution is -2.28. The Morgan fingerprint density at radius 1 is 1.25 bits per heavy atom. The number of fused-ring (bicyclic) bond motifs is 2. The minimum Gasteiger partial charge on any atom is -0.325 e. The van der Waals surface area contributed by atoms with Gasteiger partial charge in [-0.1, -0.05) is 6.92 Å². The van der Waals surface area contributed by atoms with Crippen LogP contribution >= 0.6 is 0 Å². The molecule has 0 aromatic carbocycles. The van der Waals surface area contributed by atoms with E-state index in [1.807, 2.05) is 0 Å². The van der Waals surface area contributed by atoms with Crippen LogP contribution in [-0.2, 0) is 19.4 Å². The number of aromatic amines is 1. The highest BCUT2D eigenvalue weighted by atomic mass is 15.1. The van der Waals surface area contributed by atoms with Gasteiger partial charge in [-0.15, -0.1) is 0 Å². The molecular weight excluding hydrogens is 202 g/mol. The Morgan fingerprint density at radius 2 is 2.12 bits per heavy atom. The maximum absolute atomic E-state index is 4.61. The number of hydrogen-bond acceptors (Lipinski definition) is 4. The first kappa shape index (κ1) is 9.72. The molecule has 1 aliphatic rings. The molecule has 3 rings (SSSR count). The molecule has 0 spiro atoms. The molecule has 16 heavy (non-hydrogen) atoms. The predicted molar refractivity (Wildman–Crippen MR) is 61.1 cm³/mol. The van der Waals surface area contributed by atoms with Crippen LogP contribution in [0.1, 0.15) is 24.1 Å². The van der Waals surface area contributed by atoms with Crippen LogP contribution < -0.4 is 0 Å². The minimum atomic E-state index is 0.764. The Morgan fingerprint density at radius 3 is 2.94 bits per heavy atom. The number of H-pyrrole nitrogens is 1. The third kappa shape index (κ3) is 1.48. The Hall–Kier alpha value is -1.49. The number of hydrogen-bond donors (Lipinski definition) is 1. The first-order valence-corrected chi connectivity index (χ1v) is 5.69. The lowest BCUT2D eigenvalue weighted by molar-refractivity contribution is 0.305. The molecule has 2 aromatic rings. The van der Waals surface area contributed by atoms with E-state index in [4.69, 9.17) is 0 Å². The number of nitrogens with zero attached hydrogens (tertiary/aromatic N) is 4. The maximum Gasteiger partial charge on any atom is 0.197 e. The van der Waals surface area contributed by atoms with Crippen LogP contribution in [0, 0.1) is 0 Å². The molecule has 5 heteroatoms. The Labute approximate surface area is 93.9 Å². The molecule has 1 N–H and O–H groups in total. The Kier molecular flexibility index (Phi) is 2.14. The summed E-state index contributed by atoms with van der Waals surface area (Å²) in [6.07, 6.45) is 1.87. The molecule has 3 heterocycles. The summed E-state index contributed by atoms with van der Waals surface area (Å²) in [6.45, 7) is 4.02. The molecular formula is C11H15N5. The van der Waals surface area contributed by atoms with Crippen molar-refractivity contribution in [3.05, 3.63) is 17.2 Å². The van der Waals surface area contributed by atoms with Gasteiger partial charge < -0.3 is 9.88 Å². The van der Waals surface area contributed by atoms with Gasteiger partial charge in [0.15, 0.2) is 11.3 Å². The second-order valence-electron chi connectivity index (χ2n) is 4.31. The van der Waals surface area contributed by atoms with Crippen molar-refractivity contribution in [1.82, 2.24) is 24.8 Å². The normalized spacial score (nSPS) is 16.6. The monoisotopic (exact) mass is 217 g/mol. The quantitative estimate of drug-likeness (QED) is 0.771. The summed E-state index contributed by atoms with van der Waals surface area (Å²) in [4.78, 5) is 19.1. The Balaban J connectivity index is 2.14. The van der Waals surface area contributed by atoms with E-state index in [-0.39, 0.29) is 0 Å². The van der Waals surface area contributed by atoms with Crippen LogP contribution in [0.4, 0.5) is 0 Å². The molecule has 0 atom stereocenters. The van der Waals surface area contributed by atoms with Crippen LogP contribution in [0.3, 0.4) is 0 Å². The number of aromatic nitrogens is 4. The van der Waals surface area contributed by atoms with Crippen LogP contribution in [-0.4, -0.2) is 38.4 Å². The van der Waals surface area contributed by atoms with E-state index in [0.717, 1.165) is 54.4 Å². The second kappa shape index (κ2) is 3.52. The molecule has 0 radical (unpaired) electrons. The van der Waals surface area contributed by atoms with Gasteiger partial charge in [0.1, 0.15) is 5.82 Å². The van der Waals surface area contributed by atoms with E-state index in [1.165, 1.54) is 0 Å². The van der Waals surface area contributed by atoms with Crippen LogP contribution in [0.25, 0.3) is 11.3 Å². The van der Waals surface area contributed by atoms with E-state index in [2.05, 4.69) is 38.8 Å². The highest BCUT2D eigenvalue weighted by molar-refractivity contribution is 5.66. The number of imidazole rings is 1. The van der Waals surface area contributed by atoms with E-state index in [0.29, 0.717) is 0 Å². The third-order valence-electron chi connectivity index (χ3n) is 3.02. The fourth-order valence-corrected chi connectivity index (χ4v) is 2.07. The van der Waals surface area contributed by atoms with E-state index in [9.17, 15) is 0 Å². The van der Waals surface area contributed by atoms with Crippen molar-refractivity contribution >= 4 is 11.3 Å². The minimum absolute atomic E-state index is 0.764. The van der Waals surface area contributed by atoms with E-state index < -0.39 is 0 Å². The van der Waals surface area contributed by atoms with Gasteiger partial charge >= 0.3 is 0 Å². The van der Waals surface area contributed by atoms with E-state index >= 15 is 0 Å². The molecule has 1 aliphatic heterocycles. The summed E-state index contributed by atoms with van der Waals surface area (Å²) in [6, 6.07) is 0. The van der Waals surface area contributed by atoms with Gasteiger partial charge in [-0.3, -0.25) is 0 Å². The topological polar surface area (TPSA) is 57.7 Å². The molecule has 84 valence electrons. The van der Waals surface area contributed by atoms with Gasteiger partial charge in [0.25, 0.3) is 0 Å². The average molecular weight is 217 g/mol. The summed E-state index contributed by atoms with van der Waals surface area (Å²) < 4.78 is 0. The average Bonchev–Trinajstić information content (AvgIpc) is 2.67. The molecule has 5 nitrogen and oxygen atoms in total.